The highest BCUT2D eigenvalue weighted by Gasteiger charge is 2.42. The third kappa shape index (κ3) is 9.01. The standard InChI is InChI=1S/C33H45N3O8/c1-6-41-28(38)18-34-32(40)35-25-15-13-24(14-16-25)31-42-27(19-36-17-7-8-26(36)30(39)44-33(3,4)5)21(2)29(43-31)23-11-9-22(20-37)10-12-23/h9-16,21,26-27,29,31,37H,6-8,17-20H2,1-5H3,(H2,34,35,40)/t21-,26+,27+,29+,31+/m1/s1. The highest BCUT2D eigenvalue weighted by Crippen LogP contribution is 2.42. The Kier molecular flexibility index (Phi) is 11.4. The van der Waals surface area contributed by atoms with Gasteiger partial charge in [-0.25, -0.2) is 4.79 Å². The van der Waals surface area contributed by atoms with Crippen molar-refractivity contribution in [1.82, 2.24) is 10.2 Å². The van der Waals surface area contributed by atoms with Crippen LogP contribution in [0.2, 0.25) is 0 Å². The van der Waals surface area contributed by atoms with Crippen molar-refractivity contribution >= 4 is 23.7 Å². The Morgan fingerprint density at radius 3 is 2.34 bits per heavy atom. The van der Waals surface area contributed by atoms with Crippen LogP contribution in [0.5, 0.6) is 0 Å². The molecule has 11 heteroatoms. The van der Waals surface area contributed by atoms with Crippen LogP contribution >= 0.6 is 0 Å². The summed E-state index contributed by atoms with van der Waals surface area (Å²) in [5.41, 5.74) is 2.52. The predicted molar refractivity (Wildman–Crippen MR) is 164 cm³/mol. The number of nitrogens with one attached hydrogen (secondary N) is 2. The van der Waals surface area contributed by atoms with Crippen LogP contribution in [0.25, 0.3) is 0 Å². The molecule has 2 fully saturated rings. The summed E-state index contributed by atoms with van der Waals surface area (Å²) in [6.07, 6.45) is 0.377. The van der Waals surface area contributed by atoms with E-state index in [-0.39, 0.29) is 49.9 Å². The number of ether oxygens (including phenoxy) is 4. The third-order valence-electron chi connectivity index (χ3n) is 7.72. The summed E-state index contributed by atoms with van der Waals surface area (Å²) in [6, 6.07) is 14.0. The van der Waals surface area contributed by atoms with Crippen molar-refractivity contribution in [2.45, 2.75) is 84.2 Å². The van der Waals surface area contributed by atoms with Gasteiger partial charge in [0.15, 0.2) is 6.29 Å². The second kappa shape index (κ2) is 15.0. The Labute approximate surface area is 259 Å². The van der Waals surface area contributed by atoms with Gasteiger partial charge in [-0.15, -0.1) is 0 Å². The first-order valence-corrected chi connectivity index (χ1v) is 15.3. The minimum atomic E-state index is -0.701. The number of amides is 2. The van der Waals surface area contributed by atoms with Crippen LogP contribution in [0.4, 0.5) is 10.5 Å². The molecule has 2 aromatic carbocycles. The van der Waals surface area contributed by atoms with Crippen molar-refractivity contribution in [1.29, 1.82) is 0 Å². The Balaban J connectivity index is 1.50. The van der Waals surface area contributed by atoms with Gasteiger partial charge in [-0.05, 0) is 70.3 Å². The van der Waals surface area contributed by atoms with Crippen molar-refractivity contribution in [3.05, 3.63) is 65.2 Å². The van der Waals surface area contributed by atoms with Gasteiger partial charge in [0.25, 0.3) is 0 Å². The van der Waals surface area contributed by atoms with E-state index in [1.807, 2.05) is 57.2 Å². The van der Waals surface area contributed by atoms with Gasteiger partial charge in [0.2, 0.25) is 0 Å². The van der Waals surface area contributed by atoms with E-state index in [1.54, 1.807) is 19.1 Å². The second-order valence-corrected chi connectivity index (χ2v) is 12.2. The largest absolute Gasteiger partial charge is 0.465 e. The van der Waals surface area contributed by atoms with Gasteiger partial charge in [-0.2, -0.15) is 0 Å². The highest BCUT2D eigenvalue weighted by molar-refractivity contribution is 5.91. The number of benzene rings is 2. The molecule has 2 aliphatic rings. The van der Waals surface area contributed by atoms with E-state index in [9.17, 15) is 19.5 Å². The lowest BCUT2D eigenvalue weighted by atomic mass is 9.90. The lowest BCUT2D eigenvalue weighted by Gasteiger charge is -2.43. The van der Waals surface area contributed by atoms with Crippen molar-refractivity contribution in [2.24, 2.45) is 5.92 Å². The molecule has 0 aromatic heterocycles. The average molecular weight is 612 g/mol. The second-order valence-electron chi connectivity index (χ2n) is 12.2. The maximum atomic E-state index is 13.0. The number of nitrogens with zero attached hydrogens (tertiary/aromatic N) is 1. The first kappa shape index (κ1) is 33.4. The first-order chi connectivity index (χ1) is 21.0. The van der Waals surface area contributed by atoms with Gasteiger partial charge in [0, 0.05) is 23.7 Å². The van der Waals surface area contributed by atoms with Crippen LogP contribution in [0, 0.1) is 5.92 Å². The smallest absolute Gasteiger partial charge is 0.325 e. The fourth-order valence-corrected chi connectivity index (χ4v) is 5.50. The fourth-order valence-electron chi connectivity index (χ4n) is 5.50. The lowest BCUT2D eigenvalue weighted by molar-refractivity contribution is -0.276. The minimum Gasteiger partial charge on any atom is -0.465 e. The SMILES string of the molecule is CCOC(=O)CNC(=O)Nc1ccc([C@H]2O[C@@H](CN3CCC[C@H]3C(=O)OC(C)(C)C)[C@@H](C)[C@@H](c3ccc(CO)cc3)O2)cc1. The van der Waals surface area contributed by atoms with Crippen molar-refractivity contribution in [3.8, 4) is 0 Å². The van der Waals surface area contributed by atoms with E-state index >= 15 is 0 Å². The van der Waals surface area contributed by atoms with Crippen molar-refractivity contribution in [3.63, 3.8) is 0 Å². The molecule has 2 saturated heterocycles. The molecule has 44 heavy (non-hydrogen) atoms. The molecule has 0 bridgehead atoms. The summed E-state index contributed by atoms with van der Waals surface area (Å²) in [6.45, 7) is 10.7. The van der Waals surface area contributed by atoms with Crippen LogP contribution in [0.3, 0.4) is 0 Å². The normalized spacial score (nSPS) is 24.0. The highest BCUT2D eigenvalue weighted by atomic mass is 16.7. The number of aliphatic hydroxyl groups excluding tert-OH is 1. The van der Waals surface area contributed by atoms with Gasteiger partial charge in [-0.3, -0.25) is 14.5 Å². The number of esters is 2. The average Bonchev–Trinajstić information content (AvgIpc) is 3.45. The molecule has 240 valence electrons. The van der Waals surface area contributed by atoms with Crippen LogP contribution in [0.15, 0.2) is 48.5 Å². The van der Waals surface area contributed by atoms with E-state index in [2.05, 4.69) is 22.5 Å². The Morgan fingerprint density at radius 1 is 1.02 bits per heavy atom. The summed E-state index contributed by atoms with van der Waals surface area (Å²) in [4.78, 5) is 38.9. The molecule has 2 aromatic rings. The van der Waals surface area contributed by atoms with Crippen LogP contribution in [-0.2, 0) is 35.1 Å². The molecule has 2 amide bonds. The van der Waals surface area contributed by atoms with Crippen LogP contribution < -0.4 is 10.6 Å². The van der Waals surface area contributed by atoms with E-state index < -0.39 is 23.9 Å². The monoisotopic (exact) mass is 611 g/mol. The summed E-state index contributed by atoms with van der Waals surface area (Å²) in [7, 11) is 0. The molecule has 0 radical (unpaired) electrons. The molecule has 0 aliphatic carbocycles. The number of aliphatic hydroxyl groups is 1. The number of urea groups is 1. The zero-order valence-corrected chi connectivity index (χ0v) is 26.2. The maximum absolute atomic E-state index is 13.0. The van der Waals surface area contributed by atoms with Crippen LogP contribution in [-0.4, -0.2) is 72.0 Å². The molecule has 2 aliphatic heterocycles. The fraction of sp³-hybridized carbons (Fsp3) is 0.545. The number of likely N-dealkylation sites (tertiary alicyclic amines) is 1. The predicted octanol–water partition coefficient (Wildman–Crippen LogP) is 4.46. The molecule has 0 saturated carbocycles. The maximum Gasteiger partial charge on any atom is 0.325 e. The molecule has 0 spiro atoms. The van der Waals surface area contributed by atoms with E-state index in [0.717, 1.165) is 36.1 Å². The van der Waals surface area contributed by atoms with Gasteiger partial charge >= 0.3 is 18.0 Å². The lowest BCUT2D eigenvalue weighted by Crippen LogP contribution is -2.48. The Hall–Kier alpha value is -3.51. The summed E-state index contributed by atoms with van der Waals surface area (Å²) in [5.74, 6) is -0.771. The molecular weight excluding hydrogens is 566 g/mol. The molecule has 3 N–H and O–H groups in total. The number of anilines is 1. The molecule has 2 heterocycles. The molecule has 11 nitrogen and oxygen atoms in total. The van der Waals surface area contributed by atoms with Gasteiger partial charge in [0.05, 0.1) is 25.4 Å². The van der Waals surface area contributed by atoms with Crippen molar-refractivity contribution in [2.75, 3.05) is 31.6 Å². The molecule has 0 unspecified atom stereocenters. The quantitative estimate of drug-likeness (QED) is 0.333. The summed E-state index contributed by atoms with van der Waals surface area (Å²) < 4.78 is 23.7. The zero-order valence-electron chi connectivity index (χ0n) is 26.2. The third-order valence-corrected chi connectivity index (χ3v) is 7.72. The van der Waals surface area contributed by atoms with Gasteiger partial charge in [-0.1, -0.05) is 43.3 Å². The van der Waals surface area contributed by atoms with Gasteiger partial charge < -0.3 is 34.7 Å². The first-order valence-electron chi connectivity index (χ1n) is 15.3. The number of carbonyl (C=O) groups is 3. The molecule has 4 rings (SSSR count). The Bertz CT molecular complexity index is 1260. The number of carbonyl (C=O) groups excluding carboxylic acids is 3. The Morgan fingerprint density at radius 2 is 1.70 bits per heavy atom. The minimum absolute atomic E-state index is 0.0437. The summed E-state index contributed by atoms with van der Waals surface area (Å²) in [5, 5.41) is 14.7. The van der Waals surface area contributed by atoms with Crippen molar-refractivity contribution < 1.29 is 38.4 Å². The van der Waals surface area contributed by atoms with E-state index in [1.165, 1.54) is 0 Å². The number of rotatable bonds is 10. The topological polar surface area (TPSA) is 136 Å². The van der Waals surface area contributed by atoms with E-state index in [0.29, 0.717) is 12.2 Å². The molecular formula is C33H45N3O8. The van der Waals surface area contributed by atoms with E-state index in [4.69, 9.17) is 18.9 Å². The summed E-state index contributed by atoms with van der Waals surface area (Å²) >= 11 is 0. The molecule has 5 atom stereocenters. The number of hydrogen-bond donors (Lipinski definition) is 3. The van der Waals surface area contributed by atoms with Gasteiger partial charge in [0.1, 0.15) is 18.2 Å². The zero-order chi connectivity index (χ0) is 31.9. The van der Waals surface area contributed by atoms with Crippen LogP contribution in [0.1, 0.15) is 76.5 Å². The number of hydrogen-bond acceptors (Lipinski definition) is 9.